The molecule has 1 heterocycles. The molecule has 0 aliphatic rings. The van der Waals surface area contributed by atoms with Gasteiger partial charge in [0.15, 0.2) is 5.13 Å². The molecule has 0 aliphatic carbocycles. The van der Waals surface area contributed by atoms with Crippen molar-refractivity contribution in [3.05, 3.63) is 69.5 Å². The Morgan fingerprint density at radius 3 is 2.52 bits per heavy atom. The Labute approximate surface area is 143 Å². The molecular weight excluding hydrogens is 386 g/mol. The van der Waals surface area contributed by atoms with E-state index in [9.17, 15) is 13.6 Å². The molecule has 0 bridgehead atoms. The van der Waals surface area contributed by atoms with E-state index in [2.05, 4.69) is 26.2 Å². The number of benzene rings is 2. The van der Waals surface area contributed by atoms with Crippen LogP contribution in [0.15, 0.2) is 52.3 Å². The lowest BCUT2D eigenvalue weighted by Crippen LogP contribution is -2.11. The van der Waals surface area contributed by atoms with Gasteiger partial charge >= 0.3 is 0 Å². The molecule has 1 aromatic heterocycles. The Hall–Kier alpha value is -2.12. The second-order valence-corrected chi connectivity index (χ2v) is 6.37. The molecule has 1 amide bonds. The van der Waals surface area contributed by atoms with E-state index in [1.54, 1.807) is 24.3 Å². The number of carbonyl (C=O) groups excluding carboxylic acids is 1. The number of nitrogens with zero attached hydrogens (tertiary/aromatic N) is 1. The van der Waals surface area contributed by atoms with Gasteiger partial charge in [0.25, 0.3) is 5.91 Å². The first kappa shape index (κ1) is 15.8. The van der Waals surface area contributed by atoms with E-state index in [0.717, 1.165) is 27.9 Å². The predicted molar refractivity (Wildman–Crippen MR) is 89.6 cm³/mol. The third-order valence-corrected chi connectivity index (χ3v) is 4.28. The fourth-order valence-corrected chi connectivity index (χ4v) is 3.08. The van der Waals surface area contributed by atoms with Gasteiger partial charge in [0.2, 0.25) is 0 Å². The Balaban J connectivity index is 1.84. The van der Waals surface area contributed by atoms with Gasteiger partial charge in [-0.1, -0.05) is 28.1 Å². The summed E-state index contributed by atoms with van der Waals surface area (Å²) >= 11 is 4.39. The molecule has 3 aromatic rings. The van der Waals surface area contributed by atoms with Crippen LogP contribution in [0, 0.1) is 11.6 Å². The number of rotatable bonds is 3. The molecule has 3 rings (SSSR count). The van der Waals surface area contributed by atoms with Gasteiger partial charge in [0, 0.05) is 15.4 Å². The van der Waals surface area contributed by atoms with Crippen molar-refractivity contribution in [1.82, 2.24) is 4.98 Å². The van der Waals surface area contributed by atoms with Crippen molar-refractivity contribution in [2.45, 2.75) is 0 Å². The van der Waals surface area contributed by atoms with Crippen molar-refractivity contribution < 1.29 is 13.6 Å². The summed E-state index contributed by atoms with van der Waals surface area (Å²) in [5.41, 5.74) is 0.398. The van der Waals surface area contributed by atoms with E-state index in [1.807, 2.05) is 0 Å². The summed E-state index contributed by atoms with van der Waals surface area (Å²) in [6.07, 6.45) is 0. The summed E-state index contributed by atoms with van der Waals surface area (Å²) in [5.74, 6) is -1.73. The fourth-order valence-electron chi connectivity index (χ4n) is 1.99. The lowest BCUT2D eigenvalue weighted by molar-refractivity contribution is 0.102. The summed E-state index contributed by atoms with van der Waals surface area (Å²) in [6, 6.07) is 10.5. The van der Waals surface area contributed by atoms with Crippen LogP contribution in [0.4, 0.5) is 13.9 Å². The van der Waals surface area contributed by atoms with Crippen molar-refractivity contribution in [1.29, 1.82) is 0 Å². The lowest BCUT2D eigenvalue weighted by Gasteiger charge is -2.03. The minimum atomic E-state index is -0.694. The minimum absolute atomic E-state index is 0.148. The molecule has 0 radical (unpaired) electrons. The number of hydrogen-bond acceptors (Lipinski definition) is 3. The molecule has 1 N–H and O–H groups in total. The van der Waals surface area contributed by atoms with Gasteiger partial charge in [-0.25, -0.2) is 13.8 Å². The van der Waals surface area contributed by atoms with Crippen LogP contribution in [-0.4, -0.2) is 10.9 Å². The van der Waals surface area contributed by atoms with Gasteiger partial charge in [0.05, 0.1) is 11.3 Å². The Morgan fingerprint density at radius 2 is 1.83 bits per heavy atom. The molecule has 0 spiro atoms. The Kier molecular flexibility index (Phi) is 4.49. The third kappa shape index (κ3) is 3.46. The maximum atomic E-state index is 13.7. The smallest absolute Gasteiger partial charge is 0.257 e. The summed E-state index contributed by atoms with van der Waals surface area (Å²) < 4.78 is 28.3. The van der Waals surface area contributed by atoms with Crippen LogP contribution in [0.5, 0.6) is 0 Å². The number of amides is 1. The lowest BCUT2D eigenvalue weighted by atomic mass is 10.1. The summed E-state index contributed by atoms with van der Waals surface area (Å²) in [4.78, 5) is 16.2. The first-order chi connectivity index (χ1) is 11.0. The van der Waals surface area contributed by atoms with Gasteiger partial charge in [0.1, 0.15) is 11.6 Å². The standard InChI is InChI=1S/C16H9BrF2N2OS/c17-10-4-1-3-9(7-10)15(22)21-16-20-13(8-23-16)14-11(18)5-2-6-12(14)19/h1-8H,(H,20,21,22). The topological polar surface area (TPSA) is 42.0 Å². The highest BCUT2D eigenvalue weighted by molar-refractivity contribution is 9.10. The highest BCUT2D eigenvalue weighted by Gasteiger charge is 2.15. The van der Waals surface area contributed by atoms with Crippen molar-refractivity contribution in [3.8, 4) is 11.3 Å². The number of halogens is 3. The average molecular weight is 395 g/mol. The number of hydrogen-bond donors (Lipinski definition) is 1. The quantitative estimate of drug-likeness (QED) is 0.670. The van der Waals surface area contributed by atoms with Gasteiger partial charge < -0.3 is 0 Å². The molecule has 0 fully saturated rings. The normalized spacial score (nSPS) is 10.6. The first-order valence-corrected chi connectivity index (χ1v) is 8.18. The predicted octanol–water partition coefficient (Wildman–Crippen LogP) is 5.10. The summed E-state index contributed by atoms with van der Waals surface area (Å²) in [6.45, 7) is 0. The highest BCUT2D eigenvalue weighted by Crippen LogP contribution is 2.29. The van der Waals surface area contributed by atoms with Crippen LogP contribution in [-0.2, 0) is 0 Å². The maximum Gasteiger partial charge on any atom is 0.257 e. The van der Waals surface area contributed by atoms with Crippen molar-refractivity contribution >= 4 is 38.3 Å². The average Bonchev–Trinajstić information content (AvgIpc) is 2.95. The Morgan fingerprint density at radius 1 is 1.13 bits per heavy atom. The van der Waals surface area contributed by atoms with Crippen molar-refractivity contribution in [2.24, 2.45) is 0 Å². The largest absolute Gasteiger partial charge is 0.298 e. The molecule has 3 nitrogen and oxygen atoms in total. The molecule has 0 saturated heterocycles. The number of anilines is 1. The third-order valence-electron chi connectivity index (χ3n) is 3.03. The molecule has 0 unspecified atom stereocenters. The van der Waals surface area contributed by atoms with Crippen LogP contribution in [0.1, 0.15) is 10.4 Å². The molecule has 0 atom stereocenters. The van der Waals surface area contributed by atoms with E-state index >= 15 is 0 Å². The number of thiazole rings is 1. The summed E-state index contributed by atoms with van der Waals surface area (Å²) in [7, 11) is 0. The van der Waals surface area contributed by atoms with Crippen LogP contribution in [0.3, 0.4) is 0 Å². The molecule has 0 saturated carbocycles. The highest BCUT2D eigenvalue weighted by atomic mass is 79.9. The van der Waals surface area contributed by atoms with E-state index in [4.69, 9.17) is 0 Å². The fraction of sp³-hybridized carbons (Fsp3) is 0. The molecule has 0 aliphatic heterocycles. The van der Waals surface area contributed by atoms with E-state index < -0.39 is 11.6 Å². The second kappa shape index (κ2) is 6.55. The molecule has 7 heteroatoms. The summed E-state index contributed by atoms with van der Waals surface area (Å²) in [5, 5.41) is 4.39. The second-order valence-electron chi connectivity index (χ2n) is 4.60. The molecular formula is C16H9BrF2N2OS. The van der Waals surface area contributed by atoms with E-state index in [0.29, 0.717) is 5.56 Å². The number of nitrogens with one attached hydrogen (secondary N) is 1. The van der Waals surface area contributed by atoms with E-state index in [1.165, 1.54) is 11.4 Å². The monoisotopic (exact) mass is 394 g/mol. The zero-order valence-corrected chi connectivity index (χ0v) is 13.9. The SMILES string of the molecule is O=C(Nc1nc(-c2c(F)cccc2F)cs1)c1cccc(Br)c1. The van der Waals surface area contributed by atoms with Crippen LogP contribution >= 0.6 is 27.3 Å². The van der Waals surface area contributed by atoms with Crippen molar-refractivity contribution in [3.63, 3.8) is 0 Å². The van der Waals surface area contributed by atoms with Crippen molar-refractivity contribution in [2.75, 3.05) is 5.32 Å². The first-order valence-electron chi connectivity index (χ1n) is 6.51. The van der Waals surface area contributed by atoms with Crippen LogP contribution in [0.25, 0.3) is 11.3 Å². The zero-order chi connectivity index (χ0) is 16.4. The molecule has 116 valence electrons. The van der Waals surface area contributed by atoms with Gasteiger partial charge in [-0.2, -0.15) is 0 Å². The number of carbonyl (C=O) groups is 1. The zero-order valence-electron chi connectivity index (χ0n) is 11.5. The van der Waals surface area contributed by atoms with Gasteiger partial charge in [-0.3, -0.25) is 10.1 Å². The number of aromatic nitrogens is 1. The minimum Gasteiger partial charge on any atom is -0.298 e. The molecule has 23 heavy (non-hydrogen) atoms. The van der Waals surface area contributed by atoms with Crippen LogP contribution in [0.2, 0.25) is 0 Å². The van der Waals surface area contributed by atoms with E-state index in [-0.39, 0.29) is 22.3 Å². The van der Waals surface area contributed by atoms with Crippen LogP contribution < -0.4 is 5.32 Å². The van der Waals surface area contributed by atoms with Gasteiger partial charge in [-0.05, 0) is 30.3 Å². The molecule has 2 aromatic carbocycles. The Bertz CT molecular complexity index is 862. The maximum absolute atomic E-state index is 13.7. The van der Waals surface area contributed by atoms with Gasteiger partial charge in [-0.15, -0.1) is 11.3 Å².